The Bertz CT molecular complexity index is 295. The molecule has 0 amide bonds. The topological polar surface area (TPSA) is 72.8 Å². The summed E-state index contributed by atoms with van der Waals surface area (Å²) in [5.41, 5.74) is 0.371. The third kappa shape index (κ3) is 4.33. The van der Waals surface area contributed by atoms with E-state index in [0.717, 1.165) is 25.7 Å². The zero-order valence-electron chi connectivity index (χ0n) is 9.27. The fourth-order valence-electron chi connectivity index (χ4n) is 1.43. The van der Waals surface area contributed by atoms with Crippen LogP contribution in [0.1, 0.15) is 32.6 Å². The molecule has 0 bridgehead atoms. The maximum Gasteiger partial charge on any atom is 0.508 e. The molecular weight excluding hydrogens is 212 g/mol. The number of allylic oxidation sites excluding steroid dienone is 1. The fourth-order valence-corrected chi connectivity index (χ4v) is 1.43. The minimum absolute atomic E-state index is 0.128. The Balaban J connectivity index is 2.06. The lowest BCUT2D eigenvalue weighted by Crippen LogP contribution is -2.09. The number of hydrogen-bond donors (Lipinski definition) is 1. The number of carboxylic acids is 1. The van der Waals surface area contributed by atoms with Crippen LogP contribution in [0, 0.1) is 0 Å². The van der Waals surface area contributed by atoms with Gasteiger partial charge in [-0.25, -0.2) is 9.59 Å². The van der Waals surface area contributed by atoms with Gasteiger partial charge in [-0.1, -0.05) is 6.08 Å². The minimum Gasteiger partial charge on any atom is -0.478 e. The molecule has 5 nitrogen and oxygen atoms in total. The Morgan fingerprint density at radius 3 is 2.88 bits per heavy atom. The van der Waals surface area contributed by atoms with Crippen LogP contribution >= 0.6 is 0 Å². The van der Waals surface area contributed by atoms with Crippen LogP contribution in [-0.2, 0) is 14.3 Å². The minimum atomic E-state index is -0.877. The number of cyclic esters (lactones) is 2. The highest BCUT2D eigenvalue weighted by atomic mass is 16.8. The Morgan fingerprint density at radius 1 is 1.56 bits per heavy atom. The van der Waals surface area contributed by atoms with Crippen LogP contribution in [0.2, 0.25) is 0 Å². The van der Waals surface area contributed by atoms with Gasteiger partial charge >= 0.3 is 12.1 Å². The van der Waals surface area contributed by atoms with E-state index in [-0.39, 0.29) is 6.10 Å². The maximum atomic E-state index is 10.6. The van der Waals surface area contributed by atoms with E-state index in [1.807, 2.05) is 0 Å². The molecule has 0 aromatic heterocycles. The molecule has 0 saturated carbocycles. The van der Waals surface area contributed by atoms with E-state index in [2.05, 4.69) is 4.74 Å². The predicted molar refractivity (Wildman–Crippen MR) is 56.1 cm³/mol. The van der Waals surface area contributed by atoms with Gasteiger partial charge in [0.1, 0.15) is 12.7 Å². The second kappa shape index (κ2) is 6.15. The van der Waals surface area contributed by atoms with Crippen LogP contribution in [0.5, 0.6) is 0 Å². The SMILES string of the molecule is CC(=CCCCCC1COC(=O)O1)C(=O)O. The highest BCUT2D eigenvalue weighted by Gasteiger charge is 2.23. The predicted octanol–water partition coefficient (Wildman–Crippen LogP) is 2.11. The van der Waals surface area contributed by atoms with Gasteiger partial charge < -0.3 is 14.6 Å². The monoisotopic (exact) mass is 228 g/mol. The van der Waals surface area contributed by atoms with Gasteiger partial charge in [0.15, 0.2) is 0 Å². The average Bonchev–Trinajstić information content (AvgIpc) is 2.63. The number of rotatable bonds is 6. The highest BCUT2D eigenvalue weighted by Crippen LogP contribution is 2.14. The summed E-state index contributed by atoms with van der Waals surface area (Å²) in [5.74, 6) is -0.877. The third-order valence-corrected chi connectivity index (χ3v) is 2.42. The summed E-state index contributed by atoms with van der Waals surface area (Å²) in [4.78, 5) is 21.1. The van der Waals surface area contributed by atoms with Crippen molar-refractivity contribution in [3.63, 3.8) is 0 Å². The molecule has 0 aromatic carbocycles. The lowest BCUT2D eigenvalue weighted by atomic mass is 10.1. The highest BCUT2D eigenvalue weighted by molar-refractivity contribution is 5.85. The Morgan fingerprint density at radius 2 is 2.31 bits per heavy atom. The van der Waals surface area contributed by atoms with Crippen molar-refractivity contribution in [1.82, 2.24) is 0 Å². The summed E-state index contributed by atoms with van der Waals surface area (Å²) >= 11 is 0. The van der Waals surface area contributed by atoms with Crippen molar-refractivity contribution >= 4 is 12.1 Å². The van der Waals surface area contributed by atoms with Gasteiger partial charge in [-0.15, -0.1) is 0 Å². The van der Waals surface area contributed by atoms with Crippen LogP contribution in [-0.4, -0.2) is 29.9 Å². The Hall–Kier alpha value is -1.52. The van der Waals surface area contributed by atoms with Crippen molar-refractivity contribution in [1.29, 1.82) is 0 Å². The first kappa shape index (κ1) is 12.5. The van der Waals surface area contributed by atoms with Crippen molar-refractivity contribution in [2.75, 3.05) is 6.61 Å². The summed E-state index contributed by atoms with van der Waals surface area (Å²) in [6, 6.07) is 0. The van der Waals surface area contributed by atoms with Gasteiger partial charge in [0.05, 0.1) is 0 Å². The van der Waals surface area contributed by atoms with E-state index in [1.165, 1.54) is 0 Å². The zero-order chi connectivity index (χ0) is 12.0. The van der Waals surface area contributed by atoms with E-state index >= 15 is 0 Å². The van der Waals surface area contributed by atoms with Gasteiger partial charge in [-0.05, 0) is 32.6 Å². The van der Waals surface area contributed by atoms with Gasteiger partial charge in [-0.3, -0.25) is 0 Å². The van der Waals surface area contributed by atoms with Gasteiger partial charge in [0.2, 0.25) is 0 Å². The van der Waals surface area contributed by atoms with E-state index in [9.17, 15) is 9.59 Å². The summed E-state index contributed by atoms with van der Waals surface area (Å²) in [6.45, 7) is 1.91. The molecule has 0 aromatic rings. The van der Waals surface area contributed by atoms with E-state index in [0.29, 0.717) is 12.2 Å². The number of carboxylic acid groups (broad SMARTS) is 1. The van der Waals surface area contributed by atoms with Crippen molar-refractivity contribution < 1.29 is 24.2 Å². The summed E-state index contributed by atoms with van der Waals surface area (Å²) < 4.78 is 9.50. The molecule has 5 heteroatoms. The van der Waals surface area contributed by atoms with Crippen LogP contribution in [0.15, 0.2) is 11.6 Å². The first-order chi connectivity index (χ1) is 7.59. The van der Waals surface area contributed by atoms with Crippen LogP contribution in [0.4, 0.5) is 4.79 Å². The number of ether oxygens (including phenoxy) is 2. The first-order valence-corrected chi connectivity index (χ1v) is 5.33. The molecular formula is C11H16O5. The quantitative estimate of drug-likeness (QED) is 0.428. The maximum absolute atomic E-state index is 10.6. The van der Waals surface area contributed by atoms with Crippen molar-refractivity contribution in [3.8, 4) is 0 Å². The molecule has 1 aliphatic heterocycles. The van der Waals surface area contributed by atoms with Crippen molar-refractivity contribution in [2.24, 2.45) is 0 Å². The molecule has 0 radical (unpaired) electrons. The molecule has 1 unspecified atom stereocenters. The molecule has 1 N–H and O–H groups in total. The number of hydrogen-bond acceptors (Lipinski definition) is 4. The summed E-state index contributed by atoms with van der Waals surface area (Å²) in [5, 5.41) is 8.60. The molecule has 0 aliphatic carbocycles. The van der Waals surface area contributed by atoms with Gasteiger partial charge in [-0.2, -0.15) is 0 Å². The van der Waals surface area contributed by atoms with E-state index in [4.69, 9.17) is 9.84 Å². The van der Waals surface area contributed by atoms with E-state index < -0.39 is 12.1 Å². The lowest BCUT2D eigenvalue weighted by molar-refractivity contribution is -0.132. The Labute approximate surface area is 94.0 Å². The first-order valence-electron chi connectivity index (χ1n) is 5.33. The summed E-state index contributed by atoms with van der Waals surface area (Å²) in [6.07, 6.45) is 4.28. The second-order valence-corrected chi connectivity index (χ2v) is 3.78. The third-order valence-electron chi connectivity index (χ3n) is 2.42. The van der Waals surface area contributed by atoms with Gasteiger partial charge in [0, 0.05) is 5.57 Å². The molecule has 0 spiro atoms. The van der Waals surface area contributed by atoms with Crippen molar-refractivity contribution in [3.05, 3.63) is 11.6 Å². The molecule has 1 heterocycles. The number of unbranched alkanes of at least 4 members (excludes halogenated alkanes) is 2. The fraction of sp³-hybridized carbons (Fsp3) is 0.636. The lowest BCUT2D eigenvalue weighted by Gasteiger charge is -2.04. The molecule has 1 aliphatic rings. The Kier molecular flexibility index (Phi) is 4.82. The molecule has 1 fully saturated rings. The summed E-state index contributed by atoms with van der Waals surface area (Å²) in [7, 11) is 0. The zero-order valence-corrected chi connectivity index (χ0v) is 9.27. The van der Waals surface area contributed by atoms with Crippen LogP contribution in [0.3, 0.4) is 0 Å². The number of aliphatic carboxylic acids is 1. The van der Waals surface area contributed by atoms with E-state index in [1.54, 1.807) is 13.0 Å². The molecule has 1 saturated heterocycles. The molecule has 1 rings (SSSR count). The van der Waals surface area contributed by atoms with Crippen LogP contribution < -0.4 is 0 Å². The largest absolute Gasteiger partial charge is 0.508 e. The number of carbonyl (C=O) groups excluding carboxylic acids is 1. The van der Waals surface area contributed by atoms with Crippen LogP contribution in [0.25, 0.3) is 0 Å². The van der Waals surface area contributed by atoms with Crippen molar-refractivity contribution in [2.45, 2.75) is 38.7 Å². The second-order valence-electron chi connectivity index (χ2n) is 3.78. The normalized spacial score (nSPS) is 20.4. The molecule has 16 heavy (non-hydrogen) atoms. The smallest absolute Gasteiger partial charge is 0.478 e. The average molecular weight is 228 g/mol. The molecule has 90 valence electrons. The molecule has 1 atom stereocenters. The standard InChI is InChI=1S/C11H16O5/c1-8(10(12)13)5-3-2-4-6-9-7-15-11(14)16-9/h5,9H,2-4,6-7H2,1H3,(H,12,13). The number of carbonyl (C=O) groups is 2. The van der Waals surface area contributed by atoms with Gasteiger partial charge in [0.25, 0.3) is 0 Å².